The Balaban J connectivity index is 2.73. The number of alkyl halides is 1. The van der Waals surface area contributed by atoms with Crippen molar-refractivity contribution in [3.05, 3.63) is 33.3 Å². The van der Waals surface area contributed by atoms with Gasteiger partial charge in [0.25, 0.3) is 0 Å². The molecule has 1 atom stereocenters. The van der Waals surface area contributed by atoms with Gasteiger partial charge < -0.3 is 0 Å². The fraction of sp³-hybridized carbons (Fsp3) is 0.417. The van der Waals surface area contributed by atoms with Crippen LogP contribution in [0.15, 0.2) is 22.7 Å². The monoisotopic (exact) mass is 366 g/mol. The first kappa shape index (κ1) is 14.2. The molecule has 0 N–H and O–H groups in total. The van der Waals surface area contributed by atoms with Crippen LogP contribution in [0.4, 0.5) is 0 Å². The highest BCUT2D eigenvalue weighted by Crippen LogP contribution is 2.25. The van der Waals surface area contributed by atoms with E-state index >= 15 is 0 Å². The maximum absolute atomic E-state index is 11.7. The highest BCUT2D eigenvalue weighted by molar-refractivity contribution is 9.10. The fourth-order valence-electron chi connectivity index (χ4n) is 1.34. The van der Waals surface area contributed by atoms with Gasteiger partial charge in [0, 0.05) is 10.4 Å². The number of halogens is 3. The largest absolute Gasteiger partial charge is 0.298 e. The quantitative estimate of drug-likeness (QED) is 0.708. The van der Waals surface area contributed by atoms with Crippen LogP contribution >= 0.6 is 43.5 Å². The lowest BCUT2D eigenvalue weighted by molar-refractivity contribution is -0.121. The summed E-state index contributed by atoms with van der Waals surface area (Å²) in [5.41, 5.74) is 1.09. The molecule has 0 bridgehead atoms. The van der Waals surface area contributed by atoms with E-state index in [4.69, 9.17) is 11.6 Å². The van der Waals surface area contributed by atoms with Gasteiger partial charge in [-0.2, -0.15) is 0 Å². The van der Waals surface area contributed by atoms with Crippen molar-refractivity contribution >= 4 is 49.2 Å². The molecule has 0 aliphatic heterocycles. The van der Waals surface area contributed by atoms with E-state index in [1.807, 2.05) is 32.0 Å². The third-order valence-electron chi connectivity index (χ3n) is 2.28. The molecule has 4 heteroatoms. The van der Waals surface area contributed by atoms with Crippen molar-refractivity contribution in [3.63, 3.8) is 0 Å². The second kappa shape index (κ2) is 6.18. The minimum absolute atomic E-state index is 0.0557. The maximum Gasteiger partial charge on any atom is 0.149 e. The minimum Gasteiger partial charge on any atom is -0.298 e. The molecular weight excluding hydrogens is 355 g/mol. The zero-order valence-electron chi connectivity index (χ0n) is 9.14. The number of rotatable bonds is 4. The van der Waals surface area contributed by atoms with Gasteiger partial charge in [-0.25, -0.2) is 0 Å². The molecule has 0 amide bonds. The summed E-state index contributed by atoms with van der Waals surface area (Å²) in [7, 11) is 0. The van der Waals surface area contributed by atoms with E-state index in [9.17, 15) is 4.79 Å². The third kappa shape index (κ3) is 3.86. The minimum atomic E-state index is -0.124. The first-order valence-electron chi connectivity index (χ1n) is 5.03. The first-order valence-corrected chi connectivity index (χ1v) is 7.12. The Morgan fingerprint density at radius 1 is 1.44 bits per heavy atom. The second-order valence-corrected chi connectivity index (χ2v) is 6.34. The van der Waals surface area contributed by atoms with Crippen LogP contribution in [0.5, 0.6) is 0 Å². The van der Waals surface area contributed by atoms with Crippen molar-refractivity contribution in [2.75, 3.05) is 0 Å². The van der Waals surface area contributed by atoms with E-state index in [2.05, 4.69) is 31.9 Å². The van der Waals surface area contributed by atoms with Crippen LogP contribution in [0, 0.1) is 5.92 Å². The van der Waals surface area contributed by atoms with E-state index in [0.29, 0.717) is 11.4 Å². The Hall–Kier alpha value is 0.140. The molecule has 0 saturated heterocycles. The normalized spacial score (nSPS) is 12.9. The molecule has 0 spiro atoms. The molecule has 1 rings (SSSR count). The molecule has 0 aliphatic carbocycles. The van der Waals surface area contributed by atoms with E-state index in [-0.39, 0.29) is 16.5 Å². The van der Waals surface area contributed by atoms with Crippen molar-refractivity contribution in [3.8, 4) is 0 Å². The number of hydrogen-bond acceptors (Lipinski definition) is 1. The van der Waals surface area contributed by atoms with Crippen molar-refractivity contribution in [1.29, 1.82) is 0 Å². The molecule has 0 radical (unpaired) electrons. The zero-order chi connectivity index (χ0) is 12.3. The predicted molar refractivity (Wildman–Crippen MR) is 75.4 cm³/mol. The summed E-state index contributed by atoms with van der Waals surface area (Å²) in [5, 5.41) is 0.685. The van der Waals surface area contributed by atoms with Gasteiger partial charge in [0.1, 0.15) is 5.78 Å². The molecule has 1 aromatic carbocycles. The van der Waals surface area contributed by atoms with E-state index in [1.54, 1.807) is 0 Å². The average Bonchev–Trinajstić information content (AvgIpc) is 2.22. The summed E-state index contributed by atoms with van der Waals surface area (Å²) in [5.74, 6) is 0.284. The molecule has 0 aromatic heterocycles. The smallest absolute Gasteiger partial charge is 0.149 e. The maximum atomic E-state index is 11.7. The summed E-state index contributed by atoms with van der Waals surface area (Å²) < 4.78 is 0.864. The van der Waals surface area contributed by atoms with Crippen molar-refractivity contribution < 1.29 is 4.79 Å². The van der Waals surface area contributed by atoms with Crippen molar-refractivity contribution in [1.82, 2.24) is 0 Å². The van der Waals surface area contributed by atoms with Crippen molar-refractivity contribution in [2.45, 2.75) is 25.1 Å². The molecule has 0 fully saturated rings. The predicted octanol–water partition coefficient (Wildman–Crippen LogP) is 4.63. The number of hydrogen-bond donors (Lipinski definition) is 0. The lowest BCUT2D eigenvalue weighted by atomic mass is 10.0. The summed E-state index contributed by atoms with van der Waals surface area (Å²) >= 11 is 12.7. The van der Waals surface area contributed by atoms with Crippen LogP contribution in [0.2, 0.25) is 5.02 Å². The Labute approximate surface area is 118 Å². The SMILES string of the molecule is CC(C)C(=O)C(Br)Cc1ccc(Cl)c(Br)c1. The second-order valence-electron chi connectivity index (χ2n) is 3.98. The van der Waals surface area contributed by atoms with Crippen LogP contribution in [0.25, 0.3) is 0 Å². The number of carbonyl (C=O) groups is 1. The van der Waals surface area contributed by atoms with Crippen LogP contribution in [-0.4, -0.2) is 10.6 Å². The Bertz CT molecular complexity index is 391. The van der Waals surface area contributed by atoms with E-state index in [1.165, 1.54) is 0 Å². The molecule has 16 heavy (non-hydrogen) atoms. The summed E-state index contributed by atoms with van der Waals surface area (Å²) in [4.78, 5) is 11.6. The van der Waals surface area contributed by atoms with Gasteiger partial charge in [-0.15, -0.1) is 0 Å². The molecule has 88 valence electrons. The molecule has 0 saturated carbocycles. The zero-order valence-corrected chi connectivity index (χ0v) is 13.1. The number of ketones is 1. The van der Waals surface area contributed by atoms with Gasteiger partial charge in [0.05, 0.1) is 9.85 Å². The molecule has 0 heterocycles. The molecule has 1 nitrogen and oxygen atoms in total. The molecular formula is C12H13Br2ClO. The highest BCUT2D eigenvalue weighted by atomic mass is 79.9. The van der Waals surface area contributed by atoms with Gasteiger partial charge in [-0.1, -0.05) is 47.4 Å². The van der Waals surface area contributed by atoms with Gasteiger partial charge in [0.15, 0.2) is 0 Å². The number of benzene rings is 1. The highest BCUT2D eigenvalue weighted by Gasteiger charge is 2.18. The standard InChI is InChI=1S/C12H13Br2ClO/c1-7(2)12(16)10(14)6-8-3-4-11(15)9(13)5-8/h3-5,7,10H,6H2,1-2H3. The van der Waals surface area contributed by atoms with E-state index in [0.717, 1.165) is 10.0 Å². The van der Waals surface area contributed by atoms with Crippen molar-refractivity contribution in [2.24, 2.45) is 5.92 Å². The van der Waals surface area contributed by atoms with Gasteiger partial charge >= 0.3 is 0 Å². The fourth-order valence-corrected chi connectivity index (χ4v) is 2.78. The van der Waals surface area contributed by atoms with Gasteiger partial charge in [-0.05, 0) is 40.0 Å². The van der Waals surface area contributed by atoms with Gasteiger partial charge in [0.2, 0.25) is 0 Å². The van der Waals surface area contributed by atoms with Gasteiger partial charge in [-0.3, -0.25) is 4.79 Å². The molecule has 1 aromatic rings. The Kier molecular flexibility index (Phi) is 5.48. The Morgan fingerprint density at radius 2 is 2.06 bits per heavy atom. The van der Waals surface area contributed by atoms with Crippen LogP contribution in [0.3, 0.4) is 0 Å². The average molecular weight is 368 g/mol. The molecule has 0 aliphatic rings. The lowest BCUT2D eigenvalue weighted by Gasteiger charge is -2.11. The summed E-state index contributed by atoms with van der Waals surface area (Å²) in [6, 6.07) is 5.72. The third-order valence-corrected chi connectivity index (χ3v) is 4.27. The first-order chi connectivity index (χ1) is 7.41. The summed E-state index contributed by atoms with van der Waals surface area (Å²) in [6.45, 7) is 3.82. The van der Waals surface area contributed by atoms with Crippen LogP contribution in [0.1, 0.15) is 19.4 Å². The van der Waals surface area contributed by atoms with Crippen LogP contribution < -0.4 is 0 Å². The Morgan fingerprint density at radius 3 is 2.56 bits per heavy atom. The molecule has 1 unspecified atom stereocenters. The number of carbonyl (C=O) groups excluding carboxylic acids is 1. The topological polar surface area (TPSA) is 17.1 Å². The lowest BCUT2D eigenvalue weighted by Crippen LogP contribution is -2.21. The van der Waals surface area contributed by atoms with E-state index < -0.39 is 0 Å². The van der Waals surface area contributed by atoms with Crippen LogP contribution in [-0.2, 0) is 11.2 Å². The number of Topliss-reactive ketones (excluding diaryl/α,β-unsaturated/α-hetero) is 1. The summed E-state index contributed by atoms with van der Waals surface area (Å²) in [6.07, 6.45) is 0.687.